The molecule has 1 amide bonds. The molecule has 1 unspecified atom stereocenters. The first kappa shape index (κ1) is 19.6. The SMILES string of the molecule is CCCCCCNC(N)=NCC(NC(=O)OC(C)(C)C)C1CC1. The van der Waals surface area contributed by atoms with Gasteiger partial charge in [0.25, 0.3) is 0 Å². The number of rotatable bonds is 9. The van der Waals surface area contributed by atoms with Crippen molar-refractivity contribution < 1.29 is 9.53 Å². The summed E-state index contributed by atoms with van der Waals surface area (Å²) in [7, 11) is 0. The molecule has 0 heterocycles. The maximum Gasteiger partial charge on any atom is 0.407 e. The lowest BCUT2D eigenvalue weighted by Crippen LogP contribution is -2.43. The fraction of sp³-hybridized carbons (Fsp3) is 0.882. The average molecular weight is 326 g/mol. The summed E-state index contributed by atoms with van der Waals surface area (Å²) in [5.41, 5.74) is 5.40. The van der Waals surface area contributed by atoms with Crippen LogP contribution in [0.25, 0.3) is 0 Å². The van der Waals surface area contributed by atoms with Crippen LogP contribution in [0.1, 0.15) is 66.2 Å². The smallest absolute Gasteiger partial charge is 0.407 e. The molecule has 1 aliphatic rings. The van der Waals surface area contributed by atoms with E-state index >= 15 is 0 Å². The highest BCUT2D eigenvalue weighted by atomic mass is 16.6. The van der Waals surface area contributed by atoms with Gasteiger partial charge < -0.3 is 21.1 Å². The second-order valence-electron chi connectivity index (χ2n) is 7.30. The first-order chi connectivity index (χ1) is 10.8. The molecule has 0 aromatic rings. The van der Waals surface area contributed by atoms with Crippen LogP contribution < -0.4 is 16.4 Å². The van der Waals surface area contributed by atoms with Gasteiger partial charge in [0, 0.05) is 6.54 Å². The van der Waals surface area contributed by atoms with Gasteiger partial charge >= 0.3 is 6.09 Å². The number of carbonyl (C=O) groups is 1. The van der Waals surface area contributed by atoms with Crippen LogP contribution in [-0.2, 0) is 4.74 Å². The molecule has 6 nitrogen and oxygen atoms in total. The summed E-state index contributed by atoms with van der Waals surface area (Å²) in [6.45, 7) is 9.12. The summed E-state index contributed by atoms with van der Waals surface area (Å²) in [6, 6.07) is 0.00490. The molecule has 1 rings (SSSR count). The molecule has 1 aliphatic carbocycles. The topological polar surface area (TPSA) is 88.7 Å². The van der Waals surface area contributed by atoms with Gasteiger partial charge in [-0.15, -0.1) is 0 Å². The molecule has 0 aliphatic heterocycles. The van der Waals surface area contributed by atoms with Crippen LogP contribution in [0.2, 0.25) is 0 Å². The fourth-order valence-corrected chi connectivity index (χ4v) is 2.29. The molecule has 134 valence electrons. The van der Waals surface area contributed by atoms with E-state index in [0.29, 0.717) is 18.4 Å². The molecule has 4 N–H and O–H groups in total. The molecule has 0 spiro atoms. The molecule has 23 heavy (non-hydrogen) atoms. The third-order valence-corrected chi connectivity index (χ3v) is 3.69. The van der Waals surface area contributed by atoms with Crippen LogP contribution in [0.3, 0.4) is 0 Å². The number of ether oxygens (including phenoxy) is 1. The number of alkyl carbamates (subject to hydrolysis) is 1. The van der Waals surface area contributed by atoms with Gasteiger partial charge in [-0.05, 0) is 46.0 Å². The lowest BCUT2D eigenvalue weighted by Gasteiger charge is -2.23. The van der Waals surface area contributed by atoms with Crippen molar-refractivity contribution in [2.45, 2.75) is 77.9 Å². The zero-order valence-corrected chi connectivity index (χ0v) is 15.2. The van der Waals surface area contributed by atoms with E-state index in [1.54, 1.807) is 0 Å². The van der Waals surface area contributed by atoms with Crippen LogP contribution in [0.15, 0.2) is 4.99 Å². The van der Waals surface area contributed by atoms with Crippen molar-refractivity contribution >= 4 is 12.1 Å². The number of nitrogens with zero attached hydrogens (tertiary/aromatic N) is 1. The maximum absolute atomic E-state index is 11.9. The highest BCUT2D eigenvalue weighted by Crippen LogP contribution is 2.32. The Morgan fingerprint density at radius 1 is 1.30 bits per heavy atom. The van der Waals surface area contributed by atoms with Crippen molar-refractivity contribution in [2.75, 3.05) is 13.1 Å². The van der Waals surface area contributed by atoms with Crippen molar-refractivity contribution in [3.05, 3.63) is 0 Å². The minimum absolute atomic E-state index is 0.00490. The zero-order chi connectivity index (χ0) is 17.3. The monoisotopic (exact) mass is 326 g/mol. The predicted octanol–water partition coefficient (Wildman–Crippen LogP) is 2.77. The predicted molar refractivity (Wildman–Crippen MR) is 94.5 cm³/mol. The van der Waals surface area contributed by atoms with Crippen molar-refractivity contribution in [1.82, 2.24) is 10.6 Å². The molecule has 0 bridgehead atoms. The molecule has 1 fully saturated rings. The van der Waals surface area contributed by atoms with Crippen LogP contribution in [-0.4, -0.2) is 36.8 Å². The number of carbonyl (C=O) groups excluding carboxylic acids is 1. The summed E-state index contributed by atoms with van der Waals surface area (Å²) in [6.07, 6.45) is 6.66. The largest absolute Gasteiger partial charge is 0.444 e. The summed E-state index contributed by atoms with van der Waals surface area (Å²) < 4.78 is 5.31. The first-order valence-electron chi connectivity index (χ1n) is 8.85. The standard InChI is InChI=1S/C17H34N4O2/c1-5-6-7-8-11-19-15(18)20-12-14(13-9-10-13)21-16(22)23-17(2,3)4/h13-14H,5-12H2,1-4H3,(H,21,22)(H3,18,19,20). The summed E-state index contributed by atoms with van der Waals surface area (Å²) >= 11 is 0. The number of hydrogen-bond acceptors (Lipinski definition) is 3. The average Bonchev–Trinajstić information content (AvgIpc) is 3.25. The third kappa shape index (κ3) is 10.0. The number of nitrogens with one attached hydrogen (secondary N) is 2. The van der Waals surface area contributed by atoms with Crippen molar-refractivity contribution in [3.63, 3.8) is 0 Å². The molecule has 1 atom stereocenters. The number of unbranched alkanes of at least 4 members (excludes halogenated alkanes) is 3. The Kier molecular flexibility index (Phi) is 8.20. The molecule has 0 radical (unpaired) electrons. The second kappa shape index (κ2) is 9.63. The van der Waals surface area contributed by atoms with E-state index in [0.717, 1.165) is 25.8 Å². The van der Waals surface area contributed by atoms with Gasteiger partial charge in [-0.3, -0.25) is 4.99 Å². The molecule has 0 aromatic carbocycles. The van der Waals surface area contributed by atoms with E-state index in [-0.39, 0.29) is 12.1 Å². The lowest BCUT2D eigenvalue weighted by atomic mass is 10.2. The Morgan fingerprint density at radius 2 is 2.00 bits per heavy atom. The quantitative estimate of drug-likeness (QED) is 0.345. The summed E-state index contributed by atoms with van der Waals surface area (Å²) in [5, 5.41) is 6.05. The normalized spacial score (nSPS) is 16.8. The molecular formula is C17H34N4O2. The van der Waals surface area contributed by atoms with Gasteiger partial charge in [0.2, 0.25) is 0 Å². The maximum atomic E-state index is 11.9. The summed E-state index contributed by atoms with van der Waals surface area (Å²) in [4.78, 5) is 16.3. The molecule has 6 heteroatoms. The second-order valence-corrected chi connectivity index (χ2v) is 7.30. The number of amides is 1. The third-order valence-electron chi connectivity index (χ3n) is 3.69. The Balaban J connectivity index is 2.32. The van der Waals surface area contributed by atoms with Crippen LogP contribution in [0, 0.1) is 5.92 Å². The minimum Gasteiger partial charge on any atom is -0.444 e. The summed E-state index contributed by atoms with van der Waals surface area (Å²) in [5.74, 6) is 0.946. The van der Waals surface area contributed by atoms with E-state index in [1.165, 1.54) is 19.3 Å². The van der Waals surface area contributed by atoms with Crippen molar-refractivity contribution in [3.8, 4) is 0 Å². The minimum atomic E-state index is -0.486. The zero-order valence-electron chi connectivity index (χ0n) is 15.2. The van der Waals surface area contributed by atoms with E-state index in [1.807, 2.05) is 20.8 Å². The molecular weight excluding hydrogens is 292 g/mol. The van der Waals surface area contributed by atoms with Crippen LogP contribution in [0.5, 0.6) is 0 Å². The van der Waals surface area contributed by atoms with Gasteiger partial charge in [-0.25, -0.2) is 4.79 Å². The van der Waals surface area contributed by atoms with Gasteiger partial charge in [0.05, 0.1) is 12.6 Å². The Bertz CT molecular complexity index is 387. The van der Waals surface area contributed by atoms with Gasteiger partial charge in [0.1, 0.15) is 5.60 Å². The first-order valence-corrected chi connectivity index (χ1v) is 8.85. The van der Waals surface area contributed by atoms with Crippen molar-refractivity contribution in [1.29, 1.82) is 0 Å². The van der Waals surface area contributed by atoms with Gasteiger partial charge in [-0.1, -0.05) is 26.2 Å². The fourth-order valence-electron chi connectivity index (χ4n) is 2.29. The van der Waals surface area contributed by atoms with E-state index in [2.05, 4.69) is 22.5 Å². The molecule has 0 saturated heterocycles. The number of aliphatic imine (C=N–C) groups is 1. The van der Waals surface area contributed by atoms with E-state index < -0.39 is 5.60 Å². The highest BCUT2D eigenvalue weighted by Gasteiger charge is 2.33. The number of guanidine groups is 1. The van der Waals surface area contributed by atoms with Crippen LogP contribution in [0.4, 0.5) is 4.79 Å². The number of hydrogen-bond donors (Lipinski definition) is 3. The molecule has 0 aromatic heterocycles. The Morgan fingerprint density at radius 3 is 2.57 bits per heavy atom. The Hall–Kier alpha value is -1.46. The Labute approximate surface area is 140 Å². The van der Waals surface area contributed by atoms with Crippen LogP contribution >= 0.6 is 0 Å². The lowest BCUT2D eigenvalue weighted by molar-refractivity contribution is 0.0500. The molecule has 1 saturated carbocycles. The highest BCUT2D eigenvalue weighted by molar-refractivity contribution is 5.77. The number of nitrogens with two attached hydrogens (primary N) is 1. The van der Waals surface area contributed by atoms with Gasteiger partial charge in [0.15, 0.2) is 5.96 Å². The van der Waals surface area contributed by atoms with E-state index in [4.69, 9.17) is 10.5 Å². The van der Waals surface area contributed by atoms with Crippen molar-refractivity contribution in [2.24, 2.45) is 16.6 Å². The van der Waals surface area contributed by atoms with Gasteiger partial charge in [-0.2, -0.15) is 0 Å². The van der Waals surface area contributed by atoms with E-state index in [9.17, 15) is 4.79 Å².